The van der Waals surface area contributed by atoms with E-state index in [4.69, 9.17) is 11.5 Å². The van der Waals surface area contributed by atoms with Crippen LogP contribution in [-0.2, 0) is 6.54 Å². The van der Waals surface area contributed by atoms with Crippen LogP contribution in [0.1, 0.15) is 62.8 Å². The molecule has 1 aromatic heterocycles. The summed E-state index contributed by atoms with van der Waals surface area (Å²) in [4.78, 5) is 8.86. The van der Waals surface area contributed by atoms with E-state index in [1.54, 1.807) is 6.20 Å². The van der Waals surface area contributed by atoms with E-state index in [1.165, 1.54) is 38.5 Å². The second-order valence-corrected chi connectivity index (χ2v) is 5.35. The van der Waals surface area contributed by atoms with Gasteiger partial charge in [0.1, 0.15) is 11.6 Å². The Hall–Kier alpha value is -1.16. The molecular weight excluding hydrogens is 224 g/mol. The molecule has 0 unspecified atom stereocenters. The van der Waals surface area contributed by atoms with Crippen LogP contribution >= 0.6 is 0 Å². The molecular formula is C14H24N4. The molecule has 1 aliphatic carbocycles. The third-order valence-electron chi connectivity index (χ3n) is 4.05. The fraction of sp³-hybridized carbons (Fsp3) is 0.714. The van der Waals surface area contributed by atoms with E-state index in [0.717, 1.165) is 17.3 Å². The van der Waals surface area contributed by atoms with Crippen LogP contribution in [0.25, 0.3) is 0 Å². The van der Waals surface area contributed by atoms with E-state index in [-0.39, 0.29) is 0 Å². The summed E-state index contributed by atoms with van der Waals surface area (Å²) in [5.74, 6) is 2.87. The van der Waals surface area contributed by atoms with Crippen molar-refractivity contribution in [2.75, 3.05) is 5.73 Å². The lowest BCUT2D eigenvalue weighted by molar-refractivity contribution is 0.302. The highest BCUT2D eigenvalue weighted by molar-refractivity contribution is 5.37. The van der Waals surface area contributed by atoms with E-state index in [1.807, 2.05) is 0 Å². The molecule has 0 radical (unpaired) electrons. The summed E-state index contributed by atoms with van der Waals surface area (Å²) < 4.78 is 0. The molecule has 1 aliphatic rings. The predicted octanol–water partition coefficient (Wildman–Crippen LogP) is 2.59. The summed E-state index contributed by atoms with van der Waals surface area (Å²) in [6.45, 7) is 2.68. The van der Waals surface area contributed by atoms with Crippen molar-refractivity contribution in [3.05, 3.63) is 17.6 Å². The standard InChI is InChI=1S/C14H24N4/c1-2-3-10-4-6-11(7-5-10)14-17-9-12(8-15)13(16)18-14/h9-11H,2-8,15H2,1H3,(H2,16,17,18). The van der Waals surface area contributed by atoms with E-state index < -0.39 is 0 Å². The zero-order valence-corrected chi connectivity index (χ0v) is 11.2. The van der Waals surface area contributed by atoms with Crippen LogP contribution < -0.4 is 11.5 Å². The molecule has 18 heavy (non-hydrogen) atoms. The van der Waals surface area contributed by atoms with Gasteiger partial charge in [0.2, 0.25) is 0 Å². The van der Waals surface area contributed by atoms with Gasteiger partial charge in [-0.3, -0.25) is 0 Å². The molecule has 1 fully saturated rings. The van der Waals surface area contributed by atoms with E-state index >= 15 is 0 Å². The number of nitrogens with two attached hydrogens (primary N) is 2. The fourth-order valence-electron chi connectivity index (χ4n) is 2.91. The van der Waals surface area contributed by atoms with Gasteiger partial charge in [0, 0.05) is 24.2 Å². The number of nitrogen functional groups attached to an aromatic ring is 1. The SMILES string of the molecule is CCCC1CCC(c2ncc(CN)c(N)n2)CC1. The molecule has 0 atom stereocenters. The molecule has 100 valence electrons. The predicted molar refractivity (Wildman–Crippen MR) is 73.9 cm³/mol. The van der Waals surface area contributed by atoms with Crippen molar-refractivity contribution in [2.45, 2.75) is 57.9 Å². The van der Waals surface area contributed by atoms with Gasteiger partial charge < -0.3 is 11.5 Å². The lowest BCUT2D eigenvalue weighted by Gasteiger charge is -2.27. The first kappa shape index (κ1) is 13.3. The molecule has 2 rings (SSSR count). The molecule has 1 saturated carbocycles. The monoisotopic (exact) mass is 248 g/mol. The lowest BCUT2D eigenvalue weighted by Crippen LogP contribution is -2.16. The zero-order valence-electron chi connectivity index (χ0n) is 11.2. The molecule has 0 aromatic carbocycles. The minimum absolute atomic E-state index is 0.412. The fourth-order valence-corrected chi connectivity index (χ4v) is 2.91. The molecule has 4 heteroatoms. The Bertz CT molecular complexity index is 383. The van der Waals surface area contributed by atoms with Gasteiger partial charge in [0.15, 0.2) is 0 Å². The Morgan fingerprint density at radius 1 is 1.28 bits per heavy atom. The highest BCUT2D eigenvalue weighted by Gasteiger charge is 2.24. The van der Waals surface area contributed by atoms with Crippen molar-refractivity contribution >= 4 is 5.82 Å². The van der Waals surface area contributed by atoms with Gasteiger partial charge in [0.05, 0.1) is 0 Å². The second kappa shape index (κ2) is 6.14. The number of hydrogen-bond acceptors (Lipinski definition) is 4. The molecule has 0 spiro atoms. The molecule has 4 nitrogen and oxygen atoms in total. The first-order valence-corrected chi connectivity index (χ1v) is 7.06. The first-order chi connectivity index (χ1) is 8.74. The van der Waals surface area contributed by atoms with E-state index in [2.05, 4.69) is 16.9 Å². The van der Waals surface area contributed by atoms with Crippen LogP contribution in [0.5, 0.6) is 0 Å². The number of rotatable bonds is 4. The van der Waals surface area contributed by atoms with Gasteiger partial charge in [-0.1, -0.05) is 19.8 Å². The maximum atomic E-state index is 5.88. The number of aromatic nitrogens is 2. The van der Waals surface area contributed by atoms with Crippen LogP contribution in [0.2, 0.25) is 0 Å². The van der Waals surface area contributed by atoms with Gasteiger partial charge >= 0.3 is 0 Å². The van der Waals surface area contributed by atoms with Crippen molar-refractivity contribution in [3.63, 3.8) is 0 Å². The van der Waals surface area contributed by atoms with Gasteiger partial charge in [-0.25, -0.2) is 9.97 Å². The maximum absolute atomic E-state index is 5.88. The highest BCUT2D eigenvalue weighted by Crippen LogP contribution is 2.36. The average molecular weight is 248 g/mol. The number of nitrogens with zero attached hydrogens (tertiary/aromatic N) is 2. The Balaban J connectivity index is 1.99. The molecule has 4 N–H and O–H groups in total. The third kappa shape index (κ3) is 2.99. The quantitative estimate of drug-likeness (QED) is 0.858. The minimum atomic E-state index is 0.412. The number of anilines is 1. The van der Waals surface area contributed by atoms with Crippen LogP contribution in [0.3, 0.4) is 0 Å². The van der Waals surface area contributed by atoms with Crippen molar-refractivity contribution in [1.29, 1.82) is 0 Å². The molecule has 1 aromatic rings. The number of hydrogen-bond donors (Lipinski definition) is 2. The summed E-state index contributed by atoms with van der Waals surface area (Å²) in [5.41, 5.74) is 12.3. The van der Waals surface area contributed by atoms with Crippen molar-refractivity contribution in [2.24, 2.45) is 11.7 Å². The third-order valence-corrected chi connectivity index (χ3v) is 4.05. The molecule has 0 aliphatic heterocycles. The second-order valence-electron chi connectivity index (χ2n) is 5.35. The van der Waals surface area contributed by atoms with Gasteiger partial charge in [-0.2, -0.15) is 0 Å². The Labute approximate surface area is 109 Å². The summed E-state index contributed by atoms with van der Waals surface area (Å²) in [7, 11) is 0. The van der Waals surface area contributed by atoms with Gasteiger partial charge in [-0.05, 0) is 31.6 Å². The van der Waals surface area contributed by atoms with Crippen LogP contribution in [0, 0.1) is 5.92 Å². The summed E-state index contributed by atoms with van der Waals surface area (Å²) >= 11 is 0. The topological polar surface area (TPSA) is 77.8 Å². The zero-order chi connectivity index (χ0) is 13.0. The average Bonchev–Trinajstić information content (AvgIpc) is 2.40. The highest BCUT2D eigenvalue weighted by atomic mass is 15.0. The van der Waals surface area contributed by atoms with Crippen LogP contribution in [0.15, 0.2) is 6.20 Å². The van der Waals surface area contributed by atoms with E-state index in [0.29, 0.717) is 18.3 Å². The Morgan fingerprint density at radius 3 is 2.56 bits per heavy atom. The summed E-state index contributed by atoms with van der Waals surface area (Å²) in [5, 5.41) is 0. The van der Waals surface area contributed by atoms with Crippen molar-refractivity contribution in [1.82, 2.24) is 9.97 Å². The maximum Gasteiger partial charge on any atom is 0.133 e. The smallest absolute Gasteiger partial charge is 0.133 e. The Morgan fingerprint density at radius 2 is 2.00 bits per heavy atom. The Kier molecular flexibility index (Phi) is 4.53. The molecule has 0 saturated heterocycles. The van der Waals surface area contributed by atoms with Gasteiger partial charge in [0.25, 0.3) is 0 Å². The van der Waals surface area contributed by atoms with Crippen molar-refractivity contribution < 1.29 is 0 Å². The molecule has 0 bridgehead atoms. The molecule has 0 amide bonds. The lowest BCUT2D eigenvalue weighted by atomic mass is 9.80. The first-order valence-electron chi connectivity index (χ1n) is 7.06. The summed E-state index contributed by atoms with van der Waals surface area (Å²) in [6, 6.07) is 0. The van der Waals surface area contributed by atoms with Crippen LogP contribution in [0.4, 0.5) is 5.82 Å². The largest absolute Gasteiger partial charge is 0.383 e. The minimum Gasteiger partial charge on any atom is -0.383 e. The molecule has 1 heterocycles. The van der Waals surface area contributed by atoms with Crippen LogP contribution in [-0.4, -0.2) is 9.97 Å². The van der Waals surface area contributed by atoms with Crippen molar-refractivity contribution in [3.8, 4) is 0 Å². The van der Waals surface area contributed by atoms with E-state index in [9.17, 15) is 0 Å². The van der Waals surface area contributed by atoms with Gasteiger partial charge in [-0.15, -0.1) is 0 Å². The normalized spacial score (nSPS) is 24.1. The summed E-state index contributed by atoms with van der Waals surface area (Å²) in [6.07, 6.45) is 9.46.